The number of amides is 1. The van der Waals surface area contributed by atoms with Crippen molar-refractivity contribution < 1.29 is 19.1 Å². The lowest BCUT2D eigenvalue weighted by atomic mass is 9.69. The zero-order chi connectivity index (χ0) is 22.3. The molecule has 0 bridgehead atoms. The Morgan fingerprint density at radius 3 is 2.32 bits per heavy atom. The van der Waals surface area contributed by atoms with Gasteiger partial charge in [0, 0.05) is 47.3 Å². The van der Waals surface area contributed by atoms with Crippen molar-refractivity contribution in [2.24, 2.45) is 5.41 Å². The Morgan fingerprint density at radius 2 is 1.68 bits per heavy atom. The molecule has 0 radical (unpaired) electrons. The van der Waals surface area contributed by atoms with Crippen LogP contribution >= 0.6 is 0 Å². The summed E-state index contributed by atoms with van der Waals surface area (Å²) in [6.45, 7) is 6.19. The van der Waals surface area contributed by atoms with Gasteiger partial charge in [-0.25, -0.2) is 0 Å². The minimum absolute atomic E-state index is 0.00373. The number of rotatable bonds is 4. The fraction of sp³-hybridized carbons (Fsp3) is 0.385. The summed E-state index contributed by atoms with van der Waals surface area (Å²) < 4.78 is 10.9. The topological polar surface area (TPSA) is 55.8 Å². The molecule has 4 rings (SSSR count). The Hall–Kier alpha value is -3.08. The van der Waals surface area contributed by atoms with E-state index < -0.39 is 0 Å². The van der Waals surface area contributed by atoms with Crippen molar-refractivity contribution in [1.82, 2.24) is 0 Å². The maximum atomic E-state index is 13.5. The van der Waals surface area contributed by atoms with Crippen molar-refractivity contribution in [3.05, 3.63) is 64.9 Å². The Morgan fingerprint density at radius 1 is 0.968 bits per heavy atom. The quantitative estimate of drug-likeness (QED) is 0.686. The molecular formula is C26H29NO4. The highest BCUT2D eigenvalue weighted by Gasteiger charge is 2.45. The van der Waals surface area contributed by atoms with Crippen molar-refractivity contribution in [2.75, 3.05) is 19.1 Å². The van der Waals surface area contributed by atoms with Crippen molar-refractivity contribution in [2.45, 2.75) is 46.0 Å². The van der Waals surface area contributed by atoms with Gasteiger partial charge in [0.15, 0.2) is 5.78 Å². The van der Waals surface area contributed by atoms with Gasteiger partial charge in [-0.15, -0.1) is 0 Å². The Labute approximate surface area is 183 Å². The Balaban J connectivity index is 1.90. The van der Waals surface area contributed by atoms with E-state index in [0.717, 1.165) is 28.1 Å². The number of carbonyl (C=O) groups excluding carboxylic acids is 2. The molecule has 1 aliphatic carbocycles. The molecule has 5 heteroatoms. The first-order valence-electron chi connectivity index (χ1n) is 10.6. The van der Waals surface area contributed by atoms with E-state index in [1.54, 1.807) is 19.1 Å². The van der Waals surface area contributed by atoms with Crippen LogP contribution in [-0.4, -0.2) is 25.9 Å². The van der Waals surface area contributed by atoms with E-state index >= 15 is 0 Å². The van der Waals surface area contributed by atoms with Crippen LogP contribution in [0, 0.1) is 12.3 Å². The molecule has 2 aromatic rings. The van der Waals surface area contributed by atoms with Crippen LogP contribution < -0.4 is 14.4 Å². The summed E-state index contributed by atoms with van der Waals surface area (Å²) in [4.78, 5) is 28.7. The van der Waals surface area contributed by atoms with Crippen LogP contribution in [0.3, 0.4) is 0 Å². The van der Waals surface area contributed by atoms with Crippen molar-refractivity contribution >= 4 is 17.4 Å². The number of allylic oxidation sites excluding steroid dienone is 2. The maximum Gasteiger partial charge on any atom is 0.232 e. The number of nitrogens with zero attached hydrogens (tertiary/aromatic N) is 1. The van der Waals surface area contributed by atoms with Crippen LogP contribution in [0.2, 0.25) is 0 Å². The number of Topliss-reactive ketones (excluding diaryl/α,β-unsaturated/α-hetero) is 1. The fourth-order valence-electron chi connectivity index (χ4n) is 4.78. The molecule has 5 nitrogen and oxygen atoms in total. The fourth-order valence-corrected chi connectivity index (χ4v) is 4.78. The molecule has 0 N–H and O–H groups in total. The summed E-state index contributed by atoms with van der Waals surface area (Å²) in [6, 6.07) is 13.5. The molecular weight excluding hydrogens is 390 g/mol. The van der Waals surface area contributed by atoms with Crippen LogP contribution in [0.5, 0.6) is 11.5 Å². The van der Waals surface area contributed by atoms with Gasteiger partial charge in [-0.2, -0.15) is 0 Å². The van der Waals surface area contributed by atoms with Crippen molar-refractivity contribution in [3.63, 3.8) is 0 Å². The van der Waals surface area contributed by atoms with Gasteiger partial charge in [-0.1, -0.05) is 37.6 Å². The minimum atomic E-state index is -0.325. The van der Waals surface area contributed by atoms with Gasteiger partial charge >= 0.3 is 0 Å². The standard InChI is InChI=1S/C26H29NO4/c1-16-6-8-17(9-7-16)27-21-14-26(2,3)15-22(28)25(21)20(13-24(27)29)19-11-10-18(30-4)12-23(19)31-5/h6-12,20H,13-15H2,1-5H3. The van der Waals surface area contributed by atoms with E-state index in [1.807, 2.05) is 49.4 Å². The van der Waals surface area contributed by atoms with Gasteiger partial charge in [0.1, 0.15) is 11.5 Å². The van der Waals surface area contributed by atoms with Gasteiger partial charge in [0.05, 0.1) is 14.2 Å². The highest BCUT2D eigenvalue weighted by atomic mass is 16.5. The molecule has 0 saturated heterocycles. The predicted molar refractivity (Wildman–Crippen MR) is 121 cm³/mol. The van der Waals surface area contributed by atoms with Crippen LogP contribution in [0.25, 0.3) is 0 Å². The highest BCUT2D eigenvalue weighted by molar-refractivity contribution is 6.08. The summed E-state index contributed by atoms with van der Waals surface area (Å²) in [5, 5.41) is 0. The number of aryl methyl sites for hydroxylation is 1. The Kier molecular flexibility index (Phi) is 5.38. The van der Waals surface area contributed by atoms with E-state index in [1.165, 1.54) is 0 Å². The largest absolute Gasteiger partial charge is 0.497 e. The number of anilines is 1. The van der Waals surface area contributed by atoms with Crippen LogP contribution in [0.15, 0.2) is 53.7 Å². The zero-order valence-electron chi connectivity index (χ0n) is 18.8. The number of hydrogen-bond acceptors (Lipinski definition) is 4. The first kappa shape index (κ1) is 21.2. The SMILES string of the molecule is COc1ccc(C2CC(=O)N(c3ccc(C)cc3)C3=C2C(=O)CC(C)(C)C3)c(OC)c1. The normalized spacial score (nSPS) is 20.5. The first-order chi connectivity index (χ1) is 14.7. The van der Waals surface area contributed by atoms with Gasteiger partial charge < -0.3 is 9.47 Å². The molecule has 1 atom stereocenters. The average molecular weight is 420 g/mol. The Bertz CT molecular complexity index is 1070. The zero-order valence-corrected chi connectivity index (χ0v) is 18.8. The van der Waals surface area contributed by atoms with Gasteiger partial charge in [-0.05, 0) is 37.0 Å². The number of ether oxygens (including phenoxy) is 2. The van der Waals surface area contributed by atoms with Crippen molar-refractivity contribution in [3.8, 4) is 11.5 Å². The predicted octanol–water partition coefficient (Wildman–Crippen LogP) is 5.18. The lowest BCUT2D eigenvalue weighted by Gasteiger charge is -2.43. The number of carbonyl (C=O) groups is 2. The molecule has 1 heterocycles. The van der Waals surface area contributed by atoms with Crippen LogP contribution in [0.4, 0.5) is 5.69 Å². The second kappa shape index (κ2) is 7.88. The number of methoxy groups -OCH3 is 2. The first-order valence-corrected chi connectivity index (χ1v) is 10.6. The number of ketones is 1. The van der Waals surface area contributed by atoms with Crippen molar-refractivity contribution in [1.29, 1.82) is 0 Å². The molecule has 1 aliphatic heterocycles. The van der Waals surface area contributed by atoms with Gasteiger partial charge in [0.25, 0.3) is 0 Å². The molecule has 1 amide bonds. The van der Waals surface area contributed by atoms with E-state index in [9.17, 15) is 9.59 Å². The van der Waals surface area contributed by atoms with Crippen LogP contribution in [0.1, 0.15) is 50.2 Å². The third-order valence-corrected chi connectivity index (χ3v) is 6.25. The lowest BCUT2D eigenvalue weighted by Crippen LogP contribution is -2.43. The molecule has 1 unspecified atom stereocenters. The van der Waals surface area contributed by atoms with E-state index in [4.69, 9.17) is 9.47 Å². The smallest absolute Gasteiger partial charge is 0.232 e. The molecule has 0 spiro atoms. The van der Waals surface area contributed by atoms with E-state index in [-0.39, 0.29) is 29.4 Å². The summed E-state index contributed by atoms with van der Waals surface area (Å²) in [7, 11) is 3.20. The van der Waals surface area contributed by atoms with Gasteiger partial charge in [-0.3, -0.25) is 14.5 Å². The van der Waals surface area contributed by atoms with E-state index in [0.29, 0.717) is 24.3 Å². The molecule has 2 aromatic carbocycles. The highest BCUT2D eigenvalue weighted by Crippen LogP contribution is 2.49. The van der Waals surface area contributed by atoms with Crippen LogP contribution in [-0.2, 0) is 9.59 Å². The van der Waals surface area contributed by atoms with E-state index in [2.05, 4.69) is 13.8 Å². The number of benzene rings is 2. The molecule has 0 aromatic heterocycles. The monoisotopic (exact) mass is 419 g/mol. The average Bonchev–Trinajstić information content (AvgIpc) is 2.72. The second-order valence-electron chi connectivity index (χ2n) is 9.23. The summed E-state index contributed by atoms with van der Waals surface area (Å²) in [5.74, 6) is 1.09. The summed E-state index contributed by atoms with van der Waals surface area (Å²) in [5.41, 5.74) is 4.15. The summed E-state index contributed by atoms with van der Waals surface area (Å²) in [6.07, 6.45) is 1.36. The molecule has 0 saturated carbocycles. The summed E-state index contributed by atoms with van der Waals surface area (Å²) >= 11 is 0. The second-order valence-corrected chi connectivity index (χ2v) is 9.23. The molecule has 0 fully saturated rings. The third kappa shape index (κ3) is 3.85. The number of hydrogen-bond donors (Lipinski definition) is 0. The lowest BCUT2D eigenvalue weighted by molar-refractivity contribution is -0.121. The molecule has 2 aliphatic rings. The van der Waals surface area contributed by atoms with Gasteiger partial charge in [0.2, 0.25) is 5.91 Å². The molecule has 31 heavy (non-hydrogen) atoms. The molecule has 162 valence electrons. The maximum absolute atomic E-state index is 13.5. The minimum Gasteiger partial charge on any atom is -0.497 e. The third-order valence-electron chi connectivity index (χ3n) is 6.25.